The molecule has 0 unspecified atom stereocenters. The number of hydrazine groups is 1. The Hall–Kier alpha value is -1.39. The first-order valence-corrected chi connectivity index (χ1v) is 6.11. The first kappa shape index (κ1) is 11.1. The summed E-state index contributed by atoms with van der Waals surface area (Å²) in [6.45, 7) is 4.38. The Morgan fingerprint density at radius 2 is 1.94 bits per heavy atom. The van der Waals surface area contributed by atoms with Gasteiger partial charge in [-0.25, -0.2) is 10.8 Å². The second-order valence-electron chi connectivity index (χ2n) is 3.96. The average molecular weight is 233 g/mol. The molecule has 0 aliphatic rings. The smallest absolute Gasteiger partial charge is 0.197 e. The van der Waals surface area contributed by atoms with Gasteiger partial charge in [0.1, 0.15) is 0 Å². The van der Waals surface area contributed by atoms with E-state index in [0.29, 0.717) is 5.92 Å². The van der Waals surface area contributed by atoms with E-state index in [-0.39, 0.29) is 0 Å². The van der Waals surface area contributed by atoms with Crippen LogP contribution < -0.4 is 11.3 Å². The van der Waals surface area contributed by atoms with Crippen LogP contribution in [0.2, 0.25) is 0 Å². The average Bonchev–Trinajstić information content (AvgIpc) is 2.77. The number of nitrogens with zero attached hydrogens (tertiary/aromatic N) is 1. The molecule has 0 saturated heterocycles. The SMILES string of the molecule is CC(C)c1ccc(-c2csc(NN)n2)cc1. The Kier molecular flexibility index (Phi) is 3.22. The van der Waals surface area contributed by atoms with Crippen LogP contribution in [0.4, 0.5) is 5.13 Å². The Labute approximate surface area is 99.3 Å². The van der Waals surface area contributed by atoms with Gasteiger partial charge in [-0.05, 0) is 11.5 Å². The van der Waals surface area contributed by atoms with Crippen LogP contribution in [0.5, 0.6) is 0 Å². The number of nitrogens with one attached hydrogen (secondary N) is 1. The predicted octanol–water partition coefficient (Wildman–Crippen LogP) is 3.22. The van der Waals surface area contributed by atoms with Crippen LogP contribution >= 0.6 is 11.3 Å². The minimum absolute atomic E-state index is 0.561. The van der Waals surface area contributed by atoms with Crippen molar-refractivity contribution in [1.29, 1.82) is 0 Å². The molecule has 0 atom stereocenters. The summed E-state index contributed by atoms with van der Waals surface area (Å²) in [5.74, 6) is 5.86. The van der Waals surface area contributed by atoms with E-state index < -0.39 is 0 Å². The number of thiazole rings is 1. The standard InChI is InChI=1S/C12H15N3S/c1-8(2)9-3-5-10(6-4-9)11-7-16-12(14-11)15-13/h3-8H,13H2,1-2H3,(H,14,15). The second-order valence-corrected chi connectivity index (χ2v) is 4.82. The maximum atomic E-state index is 5.30. The molecule has 0 amide bonds. The van der Waals surface area contributed by atoms with E-state index in [4.69, 9.17) is 5.84 Å². The molecule has 3 nitrogen and oxygen atoms in total. The summed E-state index contributed by atoms with van der Waals surface area (Å²) in [6, 6.07) is 8.50. The Balaban J connectivity index is 2.27. The van der Waals surface area contributed by atoms with Gasteiger partial charge in [-0.3, -0.25) is 5.43 Å². The predicted molar refractivity (Wildman–Crippen MR) is 69.4 cm³/mol. The number of hydrogen-bond acceptors (Lipinski definition) is 4. The third-order valence-corrected chi connectivity index (χ3v) is 3.27. The summed E-state index contributed by atoms with van der Waals surface area (Å²) in [4.78, 5) is 4.36. The molecule has 16 heavy (non-hydrogen) atoms. The van der Waals surface area contributed by atoms with E-state index in [1.807, 2.05) is 5.38 Å². The zero-order valence-corrected chi connectivity index (χ0v) is 10.2. The Bertz CT molecular complexity index is 459. The molecule has 1 aromatic carbocycles. The zero-order chi connectivity index (χ0) is 11.5. The molecule has 4 heteroatoms. The Morgan fingerprint density at radius 3 is 2.44 bits per heavy atom. The maximum Gasteiger partial charge on any atom is 0.197 e. The fourth-order valence-corrected chi connectivity index (χ4v) is 2.14. The van der Waals surface area contributed by atoms with Gasteiger partial charge in [0, 0.05) is 10.9 Å². The highest BCUT2D eigenvalue weighted by Crippen LogP contribution is 2.25. The monoisotopic (exact) mass is 233 g/mol. The second kappa shape index (κ2) is 4.63. The number of nitrogen functional groups attached to an aromatic ring is 1. The highest BCUT2D eigenvalue weighted by Gasteiger charge is 2.04. The highest BCUT2D eigenvalue weighted by molar-refractivity contribution is 7.14. The van der Waals surface area contributed by atoms with Gasteiger partial charge >= 0.3 is 0 Å². The summed E-state index contributed by atoms with van der Waals surface area (Å²) in [7, 11) is 0. The number of hydrogen-bond donors (Lipinski definition) is 2. The summed E-state index contributed by atoms with van der Waals surface area (Å²) in [6.07, 6.45) is 0. The summed E-state index contributed by atoms with van der Waals surface area (Å²) in [5, 5.41) is 2.74. The van der Waals surface area contributed by atoms with Crippen molar-refractivity contribution in [3.63, 3.8) is 0 Å². The maximum absolute atomic E-state index is 5.30. The van der Waals surface area contributed by atoms with Crippen molar-refractivity contribution in [3.8, 4) is 11.3 Å². The molecule has 84 valence electrons. The zero-order valence-electron chi connectivity index (χ0n) is 9.40. The molecular weight excluding hydrogens is 218 g/mol. The third-order valence-electron chi connectivity index (χ3n) is 2.50. The van der Waals surface area contributed by atoms with E-state index in [1.165, 1.54) is 16.9 Å². The molecule has 0 radical (unpaired) electrons. The number of nitrogens with two attached hydrogens (primary N) is 1. The van der Waals surface area contributed by atoms with Gasteiger partial charge in [0.15, 0.2) is 5.13 Å². The molecule has 3 N–H and O–H groups in total. The van der Waals surface area contributed by atoms with Crippen molar-refractivity contribution < 1.29 is 0 Å². The van der Waals surface area contributed by atoms with E-state index in [0.717, 1.165) is 16.4 Å². The van der Waals surface area contributed by atoms with Gasteiger partial charge in [-0.2, -0.15) is 0 Å². The van der Waals surface area contributed by atoms with Crippen molar-refractivity contribution in [2.24, 2.45) is 5.84 Å². The largest absolute Gasteiger partial charge is 0.300 e. The van der Waals surface area contributed by atoms with Crippen LogP contribution in [0, 0.1) is 0 Å². The Morgan fingerprint density at radius 1 is 1.25 bits per heavy atom. The fourth-order valence-electron chi connectivity index (χ4n) is 1.51. The van der Waals surface area contributed by atoms with Gasteiger partial charge in [0.2, 0.25) is 0 Å². The fraction of sp³-hybridized carbons (Fsp3) is 0.250. The molecule has 1 heterocycles. The minimum Gasteiger partial charge on any atom is -0.300 e. The van der Waals surface area contributed by atoms with E-state index in [9.17, 15) is 0 Å². The lowest BCUT2D eigenvalue weighted by molar-refractivity contribution is 0.867. The molecule has 1 aromatic heterocycles. The van der Waals surface area contributed by atoms with E-state index >= 15 is 0 Å². The van der Waals surface area contributed by atoms with Crippen LogP contribution in [0.3, 0.4) is 0 Å². The number of benzene rings is 1. The van der Waals surface area contributed by atoms with Crippen molar-refractivity contribution in [1.82, 2.24) is 4.98 Å². The molecule has 0 spiro atoms. The van der Waals surface area contributed by atoms with Crippen molar-refractivity contribution in [2.75, 3.05) is 5.43 Å². The van der Waals surface area contributed by atoms with Gasteiger partial charge in [-0.15, -0.1) is 11.3 Å². The van der Waals surface area contributed by atoms with Crippen LogP contribution in [0.15, 0.2) is 29.6 Å². The van der Waals surface area contributed by atoms with Crippen molar-refractivity contribution >= 4 is 16.5 Å². The number of aromatic nitrogens is 1. The number of rotatable bonds is 3. The summed E-state index contributed by atoms with van der Waals surface area (Å²) < 4.78 is 0. The van der Waals surface area contributed by atoms with Crippen LogP contribution in [0.1, 0.15) is 25.3 Å². The molecule has 0 aliphatic carbocycles. The number of anilines is 1. The topological polar surface area (TPSA) is 50.9 Å². The van der Waals surface area contributed by atoms with Crippen LogP contribution in [-0.4, -0.2) is 4.98 Å². The lowest BCUT2D eigenvalue weighted by atomic mass is 10.0. The quantitative estimate of drug-likeness (QED) is 0.632. The highest BCUT2D eigenvalue weighted by atomic mass is 32.1. The van der Waals surface area contributed by atoms with Crippen molar-refractivity contribution in [2.45, 2.75) is 19.8 Å². The molecule has 0 saturated carbocycles. The van der Waals surface area contributed by atoms with E-state index in [2.05, 4.69) is 48.5 Å². The van der Waals surface area contributed by atoms with Gasteiger partial charge < -0.3 is 0 Å². The summed E-state index contributed by atoms with van der Waals surface area (Å²) >= 11 is 1.51. The van der Waals surface area contributed by atoms with Crippen LogP contribution in [-0.2, 0) is 0 Å². The molecule has 2 aromatic rings. The molecular formula is C12H15N3S. The molecule has 0 aliphatic heterocycles. The van der Waals surface area contributed by atoms with Crippen LogP contribution in [0.25, 0.3) is 11.3 Å². The first-order chi connectivity index (χ1) is 7.70. The third kappa shape index (κ3) is 2.23. The molecule has 0 bridgehead atoms. The van der Waals surface area contributed by atoms with Gasteiger partial charge in [-0.1, -0.05) is 38.1 Å². The molecule has 0 fully saturated rings. The normalized spacial score (nSPS) is 10.8. The molecule has 2 rings (SSSR count). The van der Waals surface area contributed by atoms with Gasteiger partial charge in [0.25, 0.3) is 0 Å². The van der Waals surface area contributed by atoms with E-state index in [1.54, 1.807) is 0 Å². The lowest BCUT2D eigenvalue weighted by Gasteiger charge is -2.05. The lowest BCUT2D eigenvalue weighted by Crippen LogP contribution is -2.05. The van der Waals surface area contributed by atoms with Crippen molar-refractivity contribution in [3.05, 3.63) is 35.2 Å². The minimum atomic E-state index is 0.561. The summed E-state index contributed by atoms with van der Waals surface area (Å²) in [5.41, 5.74) is 5.99. The van der Waals surface area contributed by atoms with Gasteiger partial charge in [0.05, 0.1) is 5.69 Å². The first-order valence-electron chi connectivity index (χ1n) is 5.23.